The van der Waals surface area contributed by atoms with E-state index in [-0.39, 0.29) is 12.1 Å². The van der Waals surface area contributed by atoms with Crippen molar-refractivity contribution >= 4 is 29.2 Å². The molecule has 6 heteroatoms. The smallest absolute Gasteiger partial charge is 0.337 e. The largest absolute Gasteiger partial charge is 0.465 e. The molecule has 1 aliphatic rings. The molecule has 3 aromatic carbocycles. The van der Waals surface area contributed by atoms with Crippen LogP contribution in [0, 0.1) is 0 Å². The number of esters is 1. The lowest BCUT2D eigenvalue weighted by molar-refractivity contribution is 0.0600. The molecule has 4 rings (SSSR count). The van der Waals surface area contributed by atoms with Gasteiger partial charge in [-0.15, -0.1) is 0 Å². The van der Waals surface area contributed by atoms with Gasteiger partial charge < -0.3 is 4.74 Å². The Hall–Kier alpha value is -2.37. The van der Waals surface area contributed by atoms with Crippen LogP contribution in [-0.2, 0) is 17.8 Å². The molecule has 1 aliphatic heterocycles. The van der Waals surface area contributed by atoms with Gasteiger partial charge in [0.15, 0.2) is 0 Å². The molecule has 1 saturated heterocycles. The van der Waals surface area contributed by atoms with Gasteiger partial charge in [0.25, 0.3) is 0 Å². The topological polar surface area (TPSA) is 32.8 Å². The molecule has 0 spiro atoms. The second kappa shape index (κ2) is 9.84. The predicted octanol–water partition coefficient (Wildman–Crippen LogP) is 5.80. The lowest BCUT2D eigenvalue weighted by Gasteiger charge is -2.31. The first kappa shape index (κ1) is 21.8. The molecule has 1 heterocycles. The van der Waals surface area contributed by atoms with Crippen molar-refractivity contribution in [2.24, 2.45) is 0 Å². The molecule has 31 heavy (non-hydrogen) atoms. The fourth-order valence-electron chi connectivity index (χ4n) is 4.04. The summed E-state index contributed by atoms with van der Waals surface area (Å²) < 4.78 is 4.84. The van der Waals surface area contributed by atoms with Crippen LogP contribution >= 0.6 is 23.2 Å². The van der Waals surface area contributed by atoms with Gasteiger partial charge in [-0.25, -0.2) is 4.79 Å². The fraction of sp³-hybridized carbons (Fsp3) is 0.240. The Morgan fingerprint density at radius 3 is 1.68 bits per heavy atom. The number of rotatable bonds is 6. The Morgan fingerprint density at radius 2 is 1.26 bits per heavy atom. The van der Waals surface area contributed by atoms with E-state index in [0.717, 1.165) is 41.8 Å². The monoisotopic (exact) mass is 454 g/mol. The van der Waals surface area contributed by atoms with Crippen LogP contribution < -0.4 is 0 Å². The second-order valence-electron chi connectivity index (χ2n) is 7.68. The molecule has 0 N–H and O–H groups in total. The van der Waals surface area contributed by atoms with Crippen molar-refractivity contribution in [1.82, 2.24) is 9.80 Å². The third kappa shape index (κ3) is 5.28. The highest BCUT2D eigenvalue weighted by molar-refractivity contribution is 6.30. The Bertz CT molecular complexity index is 965. The van der Waals surface area contributed by atoms with Crippen LogP contribution in [-0.4, -0.2) is 36.0 Å². The van der Waals surface area contributed by atoms with Gasteiger partial charge in [0.2, 0.25) is 0 Å². The van der Waals surface area contributed by atoms with Crippen molar-refractivity contribution in [3.63, 3.8) is 0 Å². The normalized spacial score (nSPS) is 15.3. The van der Waals surface area contributed by atoms with Crippen LogP contribution in [0.5, 0.6) is 0 Å². The van der Waals surface area contributed by atoms with Crippen LogP contribution in [0.1, 0.15) is 33.2 Å². The lowest BCUT2D eigenvalue weighted by Crippen LogP contribution is -2.30. The molecule has 0 saturated carbocycles. The first-order valence-corrected chi connectivity index (χ1v) is 10.9. The van der Waals surface area contributed by atoms with Crippen LogP contribution in [0.3, 0.4) is 0 Å². The summed E-state index contributed by atoms with van der Waals surface area (Å²) in [6, 6.07) is 23.7. The molecule has 0 unspecified atom stereocenters. The highest BCUT2D eigenvalue weighted by atomic mass is 35.5. The van der Waals surface area contributed by atoms with E-state index in [1.54, 1.807) is 0 Å². The fourth-order valence-corrected chi connectivity index (χ4v) is 4.29. The maximum Gasteiger partial charge on any atom is 0.337 e. The van der Waals surface area contributed by atoms with Crippen molar-refractivity contribution in [2.75, 3.05) is 20.2 Å². The maximum atomic E-state index is 11.8. The van der Waals surface area contributed by atoms with E-state index in [0.29, 0.717) is 5.56 Å². The van der Waals surface area contributed by atoms with E-state index in [9.17, 15) is 4.79 Å². The van der Waals surface area contributed by atoms with E-state index in [4.69, 9.17) is 27.9 Å². The molecule has 0 amide bonds. The molecule has 3 aromatic rings. The van der Waals surface area contributed by atoms with Gasteiger partial charge >= 0.3 is 5.97 Å². The molecular weight excluding hydrogens is 431 g/mol. The number of benzene rings is 3. The molecule has 0 radical (unpaired) electrons. The molecule has 160 valence electrons. The van der Waals surface area contributed by atoms with Gasteiger partial charge in [-0.1, -0.05) is 59.6 Å². The highest BCUT2D eigenvalue weighted by Crippen LogP contribution is 2.33. The van der Waals surface area contributed by atoms with Gasteiger partial charge in [-0.3, -0.25) is 9.80 Å². The lowest BCUT2D eigenvalue weighted by atomic mass is 10.1. The van der Waals surface area contributed by atoms with Crippen LogP contribution in [0.15, 0.2) is 72.8 Å². The quantitative estimate of drug-likeness (QED) is 0.440. The summed E-state index contributed by atoms with van der Waals surface area (Å²) in [5.74, 6) is -0.325. The summed E-state index contributed by atoms with van der Waals surface area (Å²) in [7, 11) is 1.40. The minimum Gasteiger partial charge on any atom is -0.465 e. The van der Waals surface area contributed by atoms with Crippen molar-refractivity contribution in [3.05, 3.63) is 105 Å². The zero-order valence-corrected chi connectivity index (χ0v) is 18.8. The van der Waals surface area contributed by atoms with E-state index < -0.39 is 0 Å². The zero-order valence-electron chi connectivity index (χ0n) is 17.3. The molecule has 4 nitrogen and oxygen atoms in total. The predicted molar refractivity (Wildman–Crippen MR) is 124 cm³/mol. The highest BCUT2D eigenvalue weighted by Gasteiger charge is 2.33. The number of hydrogen-bond acceptors (Lipinski definition) is 4. The minimum absolute atomic E-state index is 0.0954. The Morgan fingerprint density at radius 1 is 0.806 bits per heavy atom. The molecular formula is C25H24Cl2N2O2. The first-order valence-electron chi connectivity index (χ1n) is 10.2. The zero-order chi connectivity index (χ0) is 21.8. The van der Waals surface area contributed by atoms with E-state index in [1.807, 2.05) is 48.5 Å². The molecule has 0 aromatic heterocycles. The van der Waals surface area contributed by atoms with E-state index >= 15 is 0 Å². The third-order valence-electron chi connectivity index (χ3n) is 5.59. The summed E-state index contributed by atoms with van der Waals surface area (Å²) in [4.78, 5) is 16.7. The van der Waals surface area contributed by atoms with Crippen LogP contribution in [0.4, 0.5) is 0 Å². The van der Waals surface area contributed by atoms with E-state index in [1.165, 1.54) is 18.2 Å². The number of halogens is 2. The van der Waals surface area contributed by atoms with Crippen molar-refractivity contribution in [1.29, 1.82) is 0 Å². The van der Waals surface area contributed by atoms with Crippen molar-refractivity contribution < 1.29 is 9.53 Å². The number of carbonyl (C=O) groups is 1. The molecule has 0 aliphatic carbocycles. The van der Waals surface area contributed by atoms with E-state index in [2.05, 4.69) is 34.1 Å². The SMILES string of the molecule is COC(=O)c1ccc(C2N(Cc3ccc(Cl)cc3)CCN2Cc2ccc(Cl)cc2)cc1. The average Bonchev–Trinajstić information content (AvgIpc) is 3.18. The number of nitrogens with zero attached hydrogens (tertiary/aromatic N) is 2. The Balaban J connectivity index is 1.60. The summed E-state index contributed by atoms with van der Waals surface area (Å²) in [5, 5.41) is 1.48. The van der Waals surface area contributed by atoms with Gasteiger partial charge in [0.1, 0.15) is 0 Å². The summed E-state index contributed by atoms with van der Waals surface area (Å²) in [6.45, 7) is 3.52. The average molecular weight is 455 g/mol. The summed E-state index contributed by atoms with van der Waals surface area (Å²) in [5.41, 5.74) is 4.13. The number of ether oxygens (including phenoxy) is 1. The van der Waals surface area contributed by atoms with Crippen LogP contribution in [0.2, 0.25) is 10.0 Å². The summed E-state index contributed by atoms with van der Waals surface area (Å²) >= 11 is 12.1. The minimum atomic E-state index is -0.325. The van der Waals surface area contributed by atoms with Gasteiger partial charge in [-0.2, -0.15) is 0 Å². The van der Waals surface area contributed by atoms with Crippen molar-refractivity contribution in [2.45, 2.75) is 19.3 Å². The molecule has 0 bridgehead atoms. The first-order chi connectivity index (χ1) is 15.0. The number of methoxy groups -OCH3 is 1. The van der Waals surface area contributed by atoms with Crippen molar-refractivity contribution in [3.8, 4) is 0 Å². The molecule has 0 atom stereocenters. The van der Waals surface area contributed by atoms with Gasteiger partial charge in [0, 0.05) is 36.2 Å². The third-order valence-corrected chi connectivity index (χ3v) is 6.10. The Labute approximate surface area is 192 Å². The second-order valence-corrected chi connectivity index (χ2v) is 8.55. The number of carbonyl (C=O) groups excluding carboxylic acids is 1. The van der Waals surface area contributed by atoms with Gasteiger partial charge in [0.05, 0.1) is 18.8 Å². The Kier molecular flexibility index (Phi) is 6.93. The summed E-state index contributed by atoms with van der Waals surface area (Å²) in [6.07, 6.45) is 0.0954. The maximum absolute atomic E-state index is 11.8. The molecule has 1 fully saturated rings. The van der Waals surface area contributed by atoms with Gasteiger partial charge in [-0.05, 0) is 53.1 Å². The number of hydrogen-bond donors (Lipinski definition) is 0. The standard InChI is InChI=1S/C25H24Cl2N2O2/c1-31-25(30)21-8-6-20(7-9-21)24-28(16-18-2-10-22(26)11-3-18)14-15-29(24)17-19-4-12-23(27)13-5-19/h2-13,24H,14-17H2,1H3. The van der Waals surface area contributed by atoms with Crippen LogP contribution in [0.25, 0.3) is 0 Å².